The zero-order valence-electron chi connectivity index (χ0n) is 65.7. The molecule has 0 radical (unpaired) electrons. The summed E-state index contributed by atoms with van der Waals surface area (Å²) in [5, 5.41) is 2.73. The molecule has 0 saturated heterocycles. The van der Waals surface area contributed by atoms with Gasteiger partial charge in [0.1, 0.15) is 19.8 Å². The van der Waals surface area contributed by atoms with Gasteiger partial charge >= 0.3 is 43.7 Å². The first-order valence-electron chi connectivity index (χ1n) is 35.8. The van der Waals surface area contributed by atoms with E-state index in [-0.39, 0.29) is 32.3 Å². The van der Waals surface area contributed by atoms with E-state index in [1.54, 1.807) is 6.08 Å². The molecule has 4 N–H and O–H groups in total. The van der Waals surface area contributed by atoms with Gasteiger partial charge in [0.15, 0.2) is 47.6 Å². The summed E-state index contributed by atoms with van der Waals surface area (Å²) in [6, 6.07) is 2.10. The van der Waals surface area contributed by atoms with Crippen LogP contribution in [-0.2, 0) is 81.9 Å². The second kappa shape index (κ2) is 59.9. The first-order valence-corrected chi connectivity index (χ1v) is 63.3. The minimum absolute atomic E-state index is 0.0147. The van der Waals surface area contributed by atoms with Gasteiger partial charge in [0.05, 0.1) is 39.4 Å². The van der Waals surface area contributed by atoms with Gasteiger partial charge in [0, 0.05) is 26.2 Å². The lowest BCUT2D eigenvalue weighted by atomic mass is 10.1. The van der Waals surface area contributed by atoms with Crippen molar-refractivity contribution in [2.45, 2.75) is 271 Å². The molecule has 0 bridgehead atoms. The predicted octanol–water partition coefficient (Wildman–Crippen LogP) is 13.2. The number of ether oxygens (including phenoxy) is 5. The van der Waals surface area contributed by atoms with Crippen LogP contribution in [0, 0.1) is 0 Å². The first-order chi connectivity index (χ1) is 46.5. The monoisotopic (exact) mass is 1570 g/mol. The number of alkyl carbamates (subject to hydrolysis) is 1. The quantitative estimate of drug-likeness (QED) is 0.0127. The molecule has 100 heavy (non-hydrogen) atoms. The number of nitrogens with two attached hydrogens (primary N) is 1. The fourth-order valence-corrected chi connectivity index (χ4v) is 50.1. The van der Waals surface area contributed by atoms with Crippen LogP contribution in [0.3, 0.4) is 0 Å². The topological polar surface area (TPSA) is 350 Å². The third-order valence-electron chi connectivity index (χ3n) is 13.3. The van der Waals surface area contributed by atoms with E-state index in [0.29, 0.717) is 78.3 Å². The van der Waals surface area contributed by atoms with E-state index >= 15 is 0 Å². The average molecular weight is 1570 g/mol. The minimum Gasteiger partial charge on any atom is -0.463 e. The van der Waals surface area contributed by atoms with Crippen molar-refractivity contribution in [2.24, 2.45) is 30.7 Å². The van der Waals surface area contributed by atoms with Crippen molar-refractivity contribution in [2.75, 3.05) is 92.1 Å². The van der Waals surface area contributed by atoms with E-state index in [1.165, 1.54) is 24.3 Å². The average Bonchev–Trinajstić information content (AvgIpc) is 0.853. The molecule has 0 aliphatic carbocycles. The Morgan fingerprint density at radius 2 is 0.820 bits per heavy atom. The summed E-state index contributed by atoms with van der Waals surface area (Å²) >= 11 is 0. The van der Waals surface area contributed by atoms with Gasteiger partial charge in [-0.1, -0.05) is 39.0 Å². The summed E-state index contributed by atoms with van der Waals surface area (Å²) < 4.78 is 64.9. The summed E-state index contributed by atoms with van der Waals surface area (Å²) in [5.74, 6) is -0.864. The van der Waals surface area contributed by atoms with E-state index in [0.717, 1.165) is 115 Å². The Hall–Kier alpha value is -3.34. The van der Waals surface area contributed by atoms with Crippen LogP contribution >= 0.6 is 0 Å². The van der Waals surface area contributed by atoms with Crippen molar-refractivity contribution >= 4 is 124 Å². The van der Waals surface area contributed by atoms with E-state index < -0.39 is 93.9 Å². The Morgan fingerprint density at radius 1 is 0.410 bits per heavy atom. The summed E-state index contributed by atoms with van der Waals surface area (Å²) in [7, 11) is -16.5. The van der Waals surface area contributed by atoms with E-state index in [2.05, 4.69) is 173 Å². The smallest absolute Gasteiger partial charge is 0.407 e. The number of hydrogen-bond acceptors (Lipinski definition) is 26. The second-order valence-corrected chi connectivity index (χ2v) is 66.8. The number of hydrogen-bond donors (Lipinski definition) is 3. The summed E-state index contributed by atoms with van der Waals surface area (Å²) in [6.07, 6.45) is 20.7. The zero-order chi connectivity index (χ0) is 77.1. The zero-order valence-corrected chi connectivity index (χ0v) is 74.7. The molecule has 0 aromatic carbocycles. The molecule has 0 rings (SSSR count). The molecule has 582 valence electrons. The van der Waals surface area contributed by atoms with Crippen LogP contribution in [0.15, 0.2) is 25.0 Å². The van der Waals surface area contributed by atoms with Gasteiger partial charge < -0.3 is 64.4 Å². The number of aliphatic imine (C=N–C) groups is 5. The molecule has 0 aliphatic heterocycles. The summed E-state index contributed by atoms with van der Waals surface area (Å²) in [6.45, 7) is 52.3. The maximum Gasteiger partial charge on any atom is 0.407 e. The maximum atomic E-state index is 11.9. The molecule has 0 spiro atoms. The minimum atomic E-state index is -2.33. The van der Waals surface area contributed by atoms with Crippen molar-refractivity contribution in [1.29, 1.82) is 0 Å². The molecule has 0 heterocycles. The highest BCUT2D eigenvalue weighted by molar-refractivity contribution is 6.89. The fourth-order valence-electron chi connectivity index (χ4n) is 10.4. The third-order valence-corrected chi connectivity index (χ3v) is 44.5. The number of esters is 2. The highest BCUT2D eigenvalue weighted by Crippen LogP contribution is 2.27. The number of unbranched alkanes of at least 4 members (excludes halogenated alkanes) is 8. The van der Waals surface area contributed by atoms with Gasteiger partial charge in [-0.05, 0) is 233 Å². The Bertz CT molecular complexity index is 2300. The number of nitrogens with zero attached hydrogens (tertiary/aromatic N) is 5. The van der Waals surface area contributed by atoms with Crippen LogP contribution in [-0.4, -0.2) is 222 Å². The van der Waals surface area contributed by atoms with Crippen LogP contribution < -0.4 is 16.0 Å². The molecule has 0 aliphatic rings. The van der Waals surface area contributed by atoms with Crippen molar-refractivity contribution < 1.29 is 86.7 Å². The van der Waals surface area contributed by atoms with Crippen LogP contribution in [0.2, 0.25) is 149 Å². The molecule has 0 fully saturated rings. The molecule has 1 unspecified atom stereocenters. The van der Waals surface area contributed by atoms with E-state index in [9.17, 15) is 38.4 Å². The van der Waals surface area contributed by atoms with E-state index in [4.69, 9.17) is 54.1 Å². The second-order valence-electron chi connectivity index (χ2n) is 29.6. The normalized spacial score (nSPS) is 12.3. The van der Waals surface area contributed by atoms with Gasteiger partial charge in [0.2, 0.25) is 30.4 Å². The van der Waals surface area contributed by atoms with Gasteiger partial charge in [0.25, 0.3) is 8.48 Å². The predicted molar refractivity (Wildman–Crippen MR) is 418 cm³/mol. The summed E-state index contributed by atoms with van der Waals surface area (Å²) in [5.41, 5.74) is 5.60. The Balaban J connectivity index is -0.000000731. The Kier molecular flexibility index (Phi) is 61.7. The molecule has 1 atom stereocenters. The first kappa shape index (κ1) is 103. The molecule has 0 aromatic rings. The Labute approximate surface area is 611 Å². The molecule has 1 amide bonds. The highest BCUT2D eigenvalue weighted by Gasteiger charge is 2.41. The number of isocyanates is 5. The number of rotatable bonds is 57. The molecule has 0 aromatic heterocycles. The number of carbonyl (C=O) groups excluding carboxylic acids is 8. The van der Waals surface area contributed by atoms with Gasteiger partial charge in [-0.15, -0.1) is 0 Å². The van der Waals surface area contributed by atoms with Crippen LogP contribution in [0.25, 0.3) is 0 Å². The molecular formula is C64H136N8O19Si9. The maximum absolute atomic E-state index is 11.9. The molecule has 0 saturated carbocycles. The Morgan fingerprint density at radius 3 is 1.27 bits per heavy atom. The van der Waals surface area contributed by atoms with Gasteiger partial charge in [-0.25, -0.2) is 53.5 Å². The van der Waals surface area contributed by atoms with Crippen LogP contribution in [0.1, 0.15) is 116 Å². The number of nitrogens with one attached hydrogen (secondary N) is 2. The fraction of sp³-hybridized carbons (Fsp3) is 0.875. The third kappa shape index (κ3) is 75.8. The lowest BCUT2D eigenvalue weighted by Gasteiger charge is -2.38. The highest BCUT2D eigenvalue weighted by atomic mass is 28.5. The number of amides is 1. The lowest BCUT2D eigenvalue weighted by molar-refractivity contribution is -0.146. The number of carbonyl (C=O) groups is 3. The van der Waals surface area contributed by atoms with Gasteiger partial charge in [-0.2, -0.15) is 4.99 Å². The van der Waals surface area contributed by atoms with Gasteiger partial charge in [-0.3, -0.25) is 4.79 Å². The SMILES string of the molecule is CCCN[Si](C)(C)O[Si](C)(C)O[Si](C)(C)CCCN.C[Si](C)(C)O[Si](C)(C)O[Si](C)(C)C.C[Si](C)(CCCOCCOC(=O)CCCCCCCN=C=O)O[Si](C)(C)O[Si](C)(C)CCCOCCOC(=O)NCCCCCCN=C=O.O=C=NCCCCC(N=C=O)C(=O)OCCN=C=O. The molecular weight excluding hydrogens is 1440 g/mol. The van der Waals surface area contributed by atoms with Crippen LogP contribution in [0.5, 0.6) is 0 Å². The standard InChI is InChI=1S/C33H65N3O10Si3.C12H34N2O2Si3.C11H13N3O5.C8H24O2Si3/c1-47(2,28-16-22-41-24-26-43-32(39)18-12-8-7-9-13-19-34-30-37)45-49(5,6)46-48(3,4)29-17-23-42-25-27-44-33(40)36-21-15-11-10-14-20-35-31-38;1-8-11-14-18(4,5)16-19(6,7)15-17(2,3)12-9-10-13;15-7-12-4-2-1-3-10(14-9-17)11(18)19-6-5-13-8-16;1-11(2,3)9-13(7,8)10-12(4,5)6/h7-29H2,1-6H3,(H,36,40);14H,8-13H2,1-7H3;10H,1-6H2;1-8H3. The van der Waals surface area contributed by atoms with Crippen molar-refractivity contribution in [1.82, 2.24) is 10.3 Å². The van der Waals surface area contributed by atoms with Crippen LogP contribution in [0.4, 0.5) is 4.79 Å². The van der Waals surface area contributed by atoms with Crippen molar-refractivity contribution in [3.8, 4) is 0 Å². The van der Waals surface area contributed by atoms with Crippen molar-refractivity contribution in [3.05, 3.63) is 0 Å². The van der Waals surface area contributed by atoms with E-state index in [1.807, 2.05) is 0 Å². The van der Waals surface area contributed by atoms with Crippen molar-refractivity contribution in [3.63, 3.8) is 0 Å². The molecule has 27 nitrogen and oxygen atoms in total. The largest absolute Gasteiger partial charge is 0.463 e. The molecule has 36 heteroatoms. The lowest BCUT2D eigenvalue weighted by Crippen LogP contribution is -2.58. The summed E-state index contributed by atoms with van der Waals surface area (Å²) in [4.78, 5) is 105.